The van der Waals surface area contributed by atoms with Gasteiger partial charge in [-0.2, -0.15) is 8.42 Å². The number of rotatable bonds is 3. The number of nitrogens with zero attached hydrogens (tertiary/aromatic N) is 1. The summed E-state index contributed by atoms with van der Waals surface area (Å²) in [6, 6.07) is 5.81. The summed E-state index contributed by atoms with van der Waals surface area (Å²) in [6.45, 7) is 4.37. The largest absolute Gasteiger partial charge is 0.279 e. The van der Waals surface area contributed by atoms with Crippen molar-refractivity contribution >= 4 is 26.0 Å². The van der Waals surface area contributed by atoms with Crippen molar-refractivity contribution in [2.45, 2.75) is 25.7 Å². The van der Waals surface area contributed by atoms with E-state index in [1.165, 1.54) is 26.0 Å². The first-order valence-corrected chi connectivity index (χ1v) is 8.86. The number of amides is 1. The Morgan fingerprint density at radius 3 is 2.00 bits per heavy atom. The van der Waals surface area contributed by atoms with Crippen molar-refractivity contribution in [1.82, 2.24) is 9.25 Å². The van der Waals surface area contributed by atoms with Gasteiger partial charge in [0.05, 0.1) is 9.80 Å². The van der Waals surface area contributed by atoms with Crippen LogP contribution in [0.5, 0.6) is 0 Å². The molecule has 0 radical (unpaired) electrons. The molecule has 0 aliphatic carbocycles. The number of aryl methyl sites for hydroxylation is 1. The van der Waals surface area contributed by atoms with Crippen LogP contribution in [0.4, 0.5) is 0 Å². The van der Waals surface area contributed by atoms with E-state index >= 15 is 0 Å². The van der Waals surface area contributed by atoms with Gasteiger partial charge < -0.3 is 0 Å². The number of carbonyl (C=O) groups is 1. The molecule has 114 valence electrons. The van der Waals surface area contributed by atoms with Gasteiger partial charge in [-0.15, -0.1) is 9.25 Å². The van der Waals surface area contributed by atoms with Crippen molar-refractivity contribution in [2.24, 2.45) is 0 Å². The van der Waals surface area contributed by atoms with Gasteiger partial charge in [-0.05, 0) is 32.9 Å². The van der Waals surface area contributed by atoms with E-state index in [0.29, 0.717) is 0 Å². The first-order valence-electron chi connectivity index (χ1n) is 5.93. The van der Waals surface area contributed by atoms with Gasteiger partial charge >= 0.3 is 0 Å². The monoisotopic (exact) mass is 330 g/mol. The van der Waals surface area contributed by atoms with Crippen molar-refractivity contribution in [3.63, 3.8) is 0 Å². The highest BCUT2D eigenvalue weighted by atomic mass is 32.2. The zero-order chi connectivity index (χ0) is 16.0. The Kier molecular flexibility index (Phi) is 3.68. The van der Waals surface area contributed by atoms with Crippen LogP contribution >= 0.6 is 0 Å². The maximum Gasteiger partial charge on any atom is 0.279 e. The zero-order valence-electron chi connectivity index (χ0n) is 11.6. The molecule has 1 heterocycles. The Labute approximate surface area is 123 Å². The fourth-order valence-corrected chi connectivity index (χ4v) is 4.40. The highest BCUT2D eigenvalue weighted by molar-refractivity contribution is 7.95. The molecule has 1 N–H and O–H groups in total. The smallest absolute Gasteiger partial charge is 0.267 e. The molecule has 1 amide bonds. The quantitative estimate of drug-likeness (QED) is 0.877. The van der Waals surface area contributed by atoms with Crippen LogP contribution in [0.15, 0.2) is 39.6 Å². The second-order valence-electron chi connectivity index (χ2n) is 4.66. The summed E-state index contributed by atoms with van der Waals surface area (Å²) in [6.07, 6.45) is 0. The average Bonchev–Trinajstić information content (AvgIpc) is 2.54. The van der Waals surface area contributed by atoms with Crippen LogP contribution in [0.25, 0.3) is 0 Å². The van der Waals surface area contributed by atoms with E-state index in [-0.39, 0.29) is 19.8 Å². The number of hydrogen-bond donors (Lipinski definition) is 1. The number of carbonyl (C=O) groups excluding carboxylic acids is 1. The molecule has 0 saturated carbocycles. The molecule has 1 aliphatic heterocycles. The van der Waals surface area contributed by atoms with Crippen molar-refractivity contribution in [2.75, 3.05) is 0 Å². The summed E-state index contributed by atoms with van der Waals surface area (Å²) in [5.41, 5.74) is 0.841. The van der Waals surface area contributed by atoms with Crippen LogP contribution < -0.4 is 4.83 Å². The highest BCUT2D eigenvalue weighted by Crippen LogP contribution is 2.26. The lowest BCUT2D eigenvalue weighted by molar-refractivity contribution is -0.123. The molecule has 1 aromatic carbocycles. The Morgan fingerprint density at radius 2 is 1.57 bits per heavy atom. The SMILES string of the molecule is CC1=C(C)S(=O)(=O)N(NS(=O)(=O)c2ccc(C)cc2)C1=O. The number of hydrogen-bond acceptors (Lipinski definition) is 5. The molecule has 7 nitrogen and oxygen atoms in total. The van der Waals surface area contributed by atoms with E-state index in [0.717, 1.165) is 5.56 Å². The number of nitrogens with one attached hydrogen (secondary N) is 1. The third-order valence-corrected chi connectivity index (χ3v) is 6.44. The summed E-state index contributed by atoms with van der Waals surface area (Å²) in [7, 11) is -8.30. The molecular formula is C12H14N2O5S2. The molecule has 0 fully saturated rings. The van der Waals surface area contributed by atoms with Crippen molar-refractivity contribution in [3.8, 4) is 0 Å². The summed E-state index contributed by atoms with van der Waals surface area (Å²) >= 11 is 0. The fraction of sp³-hybridized carbons (Fsp3) is 0.250. The van der Waals surface area contributed by atoms with Crippen molar-refractivity contribution in [3.05, 3.63) is 40.3 Å². The standard InChI is InChI=1S/C12H14N2O5S2/c1-8-4-6-11(7-5-8)20(16,17)13-14-12(15)9(2)10(3)21(14,18)19/h4-7,13H,1-3H3. The van der Waals surface area contributed by atoms with Crippen LogP contribution in [0.1, 0.15) is 19.4 Å². The number of sulfonamides is 2. The molecule has 1 aliphatic rings. The minimum atomic E-state index is -4.16. The van der Waals surface area contributed by atoms with Crippen LogP contribution in [-0.2, 0) is 24.8 Å². The van der Waals surface area contributed by atoms with Gasteiger partial charge in [-0.25, -0.2) is 8.42 Å². The number of allylic oxidation sites excluding steroid dienone is 1. The molecule has 2 rings (SSSR count). The molecule has 1 aromatic rings. The third kappa shape index (κ3) is 2.59. The Hall–Kier alpha value is -1.71. The third-order valence-electron chi connectivity index (χ3n) is 3.20. The second kappa shape index (κ2) is 4.93. The lowest BCUT2D eigenvalue weighted by Gasteiger charge is -2.17. The van der Waals surface area contributed by atoms with Crippen molar-refractivity contribution in [1.29, 1.82) is 0 Å². The van der Waals surface area contributed by atoms with Gasteiger partial charge in [-0.1, -0.05) is 17.7 Å². The summed E-state index contributed by atoms with van der Waals surface area (Å²) in [4.78, 5) is 13.4. The van der Waals surface area contributed by atoms with Gasteiger partial charge in [0.2, 0.25) is 0 Å². The number of benzene rings is 1. The maximum atomic E-state index is 12.2. The summed E-state index contributed by atoms with van der Waals surface area (Å²) in [5, 5.41) is 0. The molecule has 0 spiro atoms. The van der Waals surface area contributed by atoms with Crippen LogP contribution in [0, 0.1) is 6.92 Å². The summed E-state index contributed by atoms with van der Waals surface area (Å²) in [5.74, 6) is -0.900. The van der Waals surface area contributed by atoms with Gasteiger partial charge in [0.25, 0.3) is 26.0 Å². The van der Waals surface area contributed by atoms with E-state index in [1.54, 1.807) is 19.1 Å². The van der Waals surface area contributed by atoms with Gasteiger partial charge in [0, 0.05) is 5.57 Å². The topological polar surface area (TPSA) is 101 Å². The predicted molar refractivity (Wildman–Crippen MR) is 75.6 cm³/mol. The Morgan fingerprint density at radius 1 is 1.05 bits per heavy atom. The average molecular weight is 330 g/mol. The van der Waals surface area contributed by atoms with Gasteiger partial charge in [-0.3, -0.25) is 4.79 Å². The molecule has 0 saturated heterocycles. The van der Waals surface area contributed by atoms with E-state index in [4.69, 9.17) is 0 Å². The lowest BCUT2D eigenvalue weighted by Crippen LogP contribution is -2.46. The minimum Gasteiger partial charge on any atom is -0.267 e. The first kappa shape index (κ1) is 15.7. The maximum absolute atomic E-state index is 12.2. The zero-order valence-corrected chi connectivity index (χ0v) is 13.2. The molecule has 0 bridgehead atoms. The van der Waals surface area contributed by atoms with E-state index in [9.17, 15) is 21.6 Å². The first-order chi connectivity index (χ1) is 9.57. The van der Waals surface area contributed by atoms with E-state index < -0.39 is 26.0 Å². The van der Waals surface area contributed by atoms with Gasteiger partial charge in [0.15, 0.2) is 0 Å². The Balaban J connectivity index is 2.39. The van der Waals surface area contributed by atoms with E-state index in [2.05, 4.69) is 0 Å². The Bertz CT molecular complexity index is 836. The van der Waals surface area contributed by atoms with Crippen LogP contribution in [0.3, 0.4) is 0 Å². The normalized spacial score (nSPS) is 18.4. The summed E-state index contributed by atoms with van der Waals surface area (Å²) < 4.78 is 48.5. The van der Waals surface area contributed by atoms with Gasteiger partial charge in [0.1, 0.15) is 0 Å². The van der Waals surface area contributed by atoms with Crippen molar-refractivity contribution < 1.29 is 21.6 Å². The second-order valence-corrected chi connectivity index (χ2v) is 8.25. The molecule has 21 heavy (non-hydrogen) atoms. The molecular weight excluding hydrogens is 316 g/mol. The lowest BCUT2D eigenvalue weighted by atomic mass is 10.2. The minimum absolute atomic E-state index is 0.0124. The highest BCUT2D eigenvalue weighted by Gasteiger charge is 2.41. The van der Waals surface area contributed by atoms with Crippen LogP contribution in [-0.4, -0.2) is 27.2 Å². The predicted octanol–water partition coefficient (Wildman–Crippen LogP) is 0.654. The fourth-order valence-electron chi connectivity index (χ4n) is 1.71. The molecule has 0 atom stereocenters. The van der Waals surface area contributed by atoms with E-state index in [1.807, 2.05) is 4.83 Å². The molecule has 0 aromatic heterocycles. The number of hydrazine groups is 1. The molecule has 9 heteroatoms. The molecule has 0 unspecified atom stereocenters. The van der Waals surface area contributed by atoms with Crippen LogP contribution in [0.2, 0.25) is 0 Å².